The van der Waals surface area contributed by atoms with Crippen molar-refractivity contribution in [3.8, 4) is 0 Å². The zero-order valence-electron chi connectivity index (χ0n) is 10.4. The summed E-state index contributed by atoms with van der Waals surface area (Å²) in [6, 6.07) is 8.18. The molecule has 0 radical (unpaired) electrons. The lowest BCUT2D eigenvalue weighted by molar-refractivity contribution is 0.00500. The second-order valence-corrected chi connectivity index (χ2v) is 5.97. The summed E-state index contributed by atoms with van der Waals surface area (Å²) in [5, 5.41) is 3.36. The molecule has 0 spiro atoms. The first-order valence-electron chi connectivity index (χ1n) is 6.33. The maximum absolute atomic E-state index is 13.1. The fourth-order valence-corrected chi connectivity index (χ4v) is 3.12. The number of nitrogens with one attached hydrogen (secondary N) is 1. The third-order valence-electron chi connectivity index (χ3n) is 3.59. The SMILES string of the molecule is C[C@@H](NCC1CCC(F)(F)C1)c1ccccc1Br. The van der Waals surface area contributed by atoms with Gasteiger partial charge in [-0.3, -0.25) is 0 Å². The number of hydrogen-bond donors (Lipinski definition) is 1. The van der Waals surface area contributed by atoms with E-state index in [1.807, 2.05) is 24.3 Å². The first-order valence-corrected chi connectivity index (χ1v) is 7.13. The number of benzene rings is 1. The zero-order valence-corrected chi connectivity index (χ0v) is 12.0. The van der Waals surface area contributed by atoms with Crippen LogP contribution in [0.3, 0.4) is 0 Å². The third-order valence-corrected chi connectivity index (χ3v) is 4.31. The highest BCUT2D eigenvalue weighted by molar-refractivity contribution is 9.10. The van der Waals surface area contributed by atoms with Crippen molar-refractivity contribution in [2.24, 2.45) is 5.92 Å². The van der Waals surface area contributed by atoms with Gasteiger partial charge in [0.2, 0.25) is 5.92 Å². The second kappa shape index (κ2) is 5.66. The molecule has 0 bridgehead atoms. The van der Waals surface area contributed by atoms with Crippen molar-refractivity contribution < 1.29 is 8.78 Å². The van der Waals surface area contributed by atoms with Gasteiger partial charge in [-0.25, -0.2) is 8.78 Å². The van der Waals surface area contributed by atoms with Gasteiger partial charge in [-0.2, -0.15) is 0 Å². The lowest BCUT2D eigenvalue weighted by atomic mass is 10.1. The summed E-state index contributed by atoms with van der Waals surface area (Å²) in [6.45, 7) is 2.73. The molecule has 0 amide bonds. The van der Waals surface area contributed by atoms with E-state index in [9.17, 15) is 8.78 Å². The summed E-state index contributed by atoms with van der Waals surface area (Å²) in [7, 11) is 0. The van der Waals surface area contributed by atoms with Crippen molar-refractivity contribution >= 4 is 15.9 Å². The van der Waals surface area contributed by atoms with E-state index in [0.717, 1.165) is 4.47 Å². The van der Waals surface area contributed by atoms with Crippen LogP contribution in [0, 0.1) is 5.92 Å². The van der Waals surface area contributed by atoms with Crippen LogP contribution in [0.2, 0.25) is 0 Å². The van der Waals surface area contributed by atoms with Gasteiger partial charge in [-0.15, -0.1) is 0 Å². The maximum Gasteiger partial charge on any atom is 0.248 e. The van der Waals surface area contributed by atoms with Crippen molar-refractivity contribution in [2.45, 2.75) is 38.2 Å². The standard InChI is InChI=1S/C14H18BrF2N/c1-10(12-4-2-3-5-13(12)15)18-9-11-6-7-14(16,17)8-11/h2-5,10-11,18H,6-9H2,1H3/t10-,11?/m1/s1. The molecule has 0 heterocycles. The average molecular weight is 318 g/mol. The first-order chi connectivity index (χ1) is 8.48. The van der Waals surface area contributed by atoms with Gasteiger partial charge >= 0.3 is 0 Å². The topological polar surface area (TPSA) is 12.0 Å². The number of rotatable bonds is 4. The summed E-state index contributed by atoms with van der Waals surface area (Å²) in [6.07, 6.45) is 0.702. The van der Waals surface area contributed by atoms with E-state index in [1.54, 1.807) is 0 Å². The molecule has 100 valence electrons. The normalized spacial score (nSPS) is 24.1. The molecule has 1 N–H and O–H groups in total. The molecule has 1 unspecified atom stereocenters. The fourth-order valence-electron chi connectivity index (χ4n) is 2.50. The Morgan fingerprint density at radius 2 is 2.17 bits per heavy atom. The average Bonchev–Trinajstić information content (AvgIpc) is 2.66. The van der Waals surface area contributed by atoms with Gasteiger partial charge in [0, 0.05) is 23.4 Å². The molecule has 0 saturated heterocycles. The Bertz CT molecular complexity index is 409. The predicted molar refractivity (Wildman–Crippen MR) is 72.8 cm³/mol. The molecule has 1 nitrogen and oxygen atoms in total. The van der Waals surface area contributed by atoms with Crippen molar-refractivity contribution in [1.29, 1.82) is 0 Å². The summed E-state index contributed by atoms with van der Waals surface area (Å²) in [5.74, 6) is -2.34. The molecule has 4 heteroatoms. The van der Waals surface area contributed by atoms with Crippen molar-refractivity contribution in [1.82, 2.24) is 5.32 Å². The summed E-state index contributed by atoms with van der Waals surface area (Å²) >= 11 is 3.51. The van der Waals surface area contributed by atoms with Crippen LogP contribution < -0.4 is 5.32 Å². The molecule has 0 aromatic heterocycles. The Labute approximate surface area is 115 Å². The van der Waals surface area contributed by atoms with Crippen LogP contribution in [0.25, 0.3) is 0 Å². The van der Waals surface area contributed by atoms with E-state index in [4.69, 9.17) is 0 Å². The van der Waals surface area contributed by atoms with Gasteiger partial charge in [-0.1, -0.05) is 34.1 Å². The van der Waals surface area contributed by atoms with Crippen LogP contribution in [0.1, 0.15) is 37.8 Å². The molecule has 2 atom stereocenters. The highest BCUT2D eigenvalue weighted by Crippen LogP contribution is 2.38. The maximum atomic E-state index is 13.1. The van der Waals surface area contributed by atoms with E-state index in [0.29, 0.717) is 13.0 Å². The summed E-state index contributed by atoms with van der Waals surface area (Å²) in [4.78, 5) is 0. The molecular formula is C14H18BrF2N. The largest absolute Gasteiger partial charge is 0.310 e. The molecule has 1 saturated carbocycles. The van der Waals surface area contributed by atoms with Crippen LogP contribution in [0.5, 0.6) is 0 Å². The third kappa shape index (κ3) is 3.51. The zero-order chi connectivity index (χ0) is 13.2. The van der Waals surface area contributed by atoms with Crippen LogP contribution in [-0.2, 0) is 0 Å². The number of alkyl halides is 2. The molecule has 18 heavy (non-hydrogen) atoms. The molecule has 0 aliphatic heterocycles. The Morgan fingerprint density at radius 3 is 2.78 bits per heavy atom. The summed E-state index contributed by atoms with van der Waals surface area (Å²) in [5.41, 5.74) is 1.17. The lowest BCUT2D eigenvalue weighted by Crippen LogP contribution is -2.25. The Kier molecular flexibility index (Phi) is 4.38. The van der Waals surface area contributed by atoms with E-state index in [1.165, 1.54) is 5.56 Å². The first kappa shape index (κ1) is 13.9. The quantitative estimate of drug-likeness (QED) is 0.860. The van der Waals surface area contributed by atoms with Crippen LogP contribution in [0.15, 0.2) is 28.7 Å². The molecule has 1 aromatic rings. The van der Waals surface area contributed by atoms with E-state index >= 15 is 0 Å². The fraction of sp³-hybridized carbons (Fsp3) is 0.571. The van der Waals surface area contributed by atoms with Gasteiger partial charge in [0.05, 0.1) is 0 Å². The Hall–Kier alpha value is -0.480. The predicted octanol–water partition coefficient (Wildman–Crippen LogP) is 4.54. The van der Waals surface area contributed by atoms with Crippen LogP contribution in [0.4, 0.5) is 8.78 Å². The minimum atomic E-state index is -2.44. The monoisotopic (exact) mass is 317 g/mol. The molecule has 1 fully saturated rings. The van der Waals surface area contributed by atoms with Gasteiger partial charge in [0.25, 0.3) is 0 Å². The summed E-state index contributed by atoms with van der Waals surface area (Å²) < 4.78 is 27.2. The number of halogens is 3. The Morgan fingerprint density at radius 1 is 1.44 bits per heavy atom. The van der Waals surface area contributed by atoms with Crippen molar-refractivity contribution in [3.05, 3.63) is 34.3 Å². The van der Waals surface area contributed by atoms with E-state index in [-0.39, 0.29) is 24.8 Å². The molecular weight excluding hydrogens is 300 g/mol. The highest BCUT2D eigenvalue weighted by Gasteiger charge is 2.39. The van der Waals surface area contributed by atoms with Gasteiger partial charge < -0.3 is 5.32 Å². The highest BCUT2D eigenvalue weighted by atomic mass is 79.9. The van der Waals surface area contributed by atoms with Gasteiger partial charge in [0.1, 0.15) is 0 Å². The smallest absolute Gasteiger partial charge is 0.248 e. The Balaban J connectivity index is 1.86. The van der Waals surface area contributed by atoms with Gasteiger partial charge in [0.15, 0.2) is 0 Å². The minimum absolute atomic E-state index is 0.0304. The molecule has 1 aliphatic carbocycles. The van der Waals surface area contributed by atoms with Crippen molar-refractivity contribution in [2.75, 3.05) is 6.54 Å². The van der Waals surface area contributed by atoms with E-state index in [2.05, 4.69) is 28.2 Å². The lowest BCUT2D eigenvalue weighted by Gasteiger charge is -2.18. The molecule has 2 rings (SSSR count). The minimum Gasteiger partial charge on any atom is -0.310 e. The number of hydrogen-bond acceptors (Lipinski definition) is 1. The second-order valence-electron chi connectivity index (χ2n) is 5.12. The van der Waals surface area contributed by atoms with Gasteiger partial charge in [-0.05, 0) is 37.4 Å². The molecule has 1 aromatic carbocycles. The van der Waals surface area contributed by atoms with Crippen molar-refractivity contribution in [3.63, 3.8) is 0 Å². The van der Waals surface area contributed by atoms with E-state index < -0.39 is 5.92 Å². The van der Waals surface area contributed by atoms with Crippen LogP contribution in [-0.4, -0.2) is 12.5 Å². The molecule has 1 aliphatic rings. The van der Waals surface area contributed by atoms with Crippen LogP contribution >= 0.6 is 15.9 Å².